The number of aryl methyl sites for hydroxylation is 1. The van der Waals surface area contributed by atoms with Crippen molar-refractivity contribution in [1.29, 1.82) is 5.26 Å². The topological polar surface area (TPSA) is 77.1 Å². The fourth-order valence-electron chi connectivity index (χ4n) is 1.82. The second kappa shape index (κ2) is 6.72. The lowest BCUT2D eigenvalue weighted by Gasteiger charge is -2.04. The van der Waals surface area contributed by atoms with Gasteiger partial charge >= 0.3 is 5.97 Å². The number of aromatic nitrogens is 2. The van der Waals surface area contributed by atoms with Gasteiger partial charge in [-0.25, -0.2) is 13.9 Å². The summed E-state index contributed by atoms with van der Waals surface area (Å²) < 4.78 is 24.9. The van der Waals surface area contributed by atoms with E-state index >= 15 is 0 Å². The minimum atomic E-state index is -0.531. The lowest BCUT2D eigenvalue weighted by molar-refractivity contribution is -0.145. The lowest BCUT2D eigenvalue weighted by atomic mass is 10.2. The van der Waals surface area contributed by atoms with Gasteiger partial charge in [-0.1, -0.05) is 0 Å². The predicted molar refractivity (Wildman–Crippen MR) is 75.1 cm³/mol. The maximum absolute atomic E-state index is 13.5. The monoisotopic (exact) mass is 303 g/mol. The molecule has 0 aliphatic rings. The van der Waals surface area contributed by atoms with Crippen LogP contribution >= 0.6 is 0 Å². The molecular weight excluding hydrogens is 289 g/mol. The molecule has 0 radical (unpaired) electrons. The number of benzene rings is 1. The standard InChI is InChI=1S/C15H14FN3O3/c1-3-21-14(20)9-22-15-10(2)8-19(18-15)13-5-11(7-17)4-12(16)6-13/h4-6,8H,3,9H2,1-2H3. The molecule has 2 aromatic rings. The fraction of sp³-hybridized carbons (Fsp3) is 0.267. The summed E-state index contributed by atoms with van der Waals surface area (Å²) >= 11 is 0. The average Bonchev–Trinajstić information content (AvgIpc) is 2.86. The molecule has 0 saturated heterocycles. The number of carbonyl (C=O) groups excluding carboxylic acids is 1. The number of nitriles is 1. The maximum Gasteiger partial charge on any atom is 0.344 e. The van der Waals surface area contributed by atoms with Crippen LogP contribution in [0.2, 0.25) is 0 Å². The Labute approximate surface area is 126 Å². The minimum Gasteiger partial charge on any atom is -0.464 e. The highest BCUT2D eigenvalue weighted by atomic mass is 19.1. The van der Waals surface area contributed by atoms with E-state index in [4.69, 9.17) is 14.7 Å². The van der Waals surface area contributed by atoms with Crippen LogP contribution in [0, 0.1) is 24.1 Å². The first kappa shape index (κ1) is 15.5. The van der Waals surface area contributed by atoms with Crippen LogP contribution in [0.4, 0.5) is 4.39 Å². The molecule has 0 aliphatic heterocycles. The lowest BCUT2D eigenvalue weighted by Crippen LogP contribution is -2.15. The zero-order valence-electron chi connectivity index (χ0n) is 12.2. The first-order valence-electron chi connectivity index (χ1n) is 6.59. The molecule has 22 heavy (non-hydrogen) atoms. The van der Waals surface area contributed by atoms with Gasteiger partial charge in [-0.15, -0.1) is 5.10 Å². The number of hydrogen-bond acceptors (Lipinski definition) is 5. The number of hydrogen-bond donors (Lipinski definition) is 0. The molecule has 1 aromatic heterocycles. The van der Waals surface area contributed by atoms with Crippen molar-refractivity contribution >= 4 is 5.97 Å². The predicted octanol–water partition coefficient (Wildman–Crippen LogP) is 2.13. The normalized spacial score (nSPS) is 10.1. The third-order valence-electron chi connectivity index (χ3n) is 2.76. The number of nitrogens with zero attached hydrogens (tertiary/aromatic N) is 3. The number of esters is 1. The summed E-state index contributed by atoms with van der Waals surface area (Å²) in [5.41, 5.74) is 1.26. The van der Waals surface area contributed by atoms with Crippen molar-refractivity contribution in [2.24, 2.45) is 0 Å². The quantitative estimate of drug-likeness (QED) is 0.791. The van der Waals surface area contributed by atoms with Crippen molar-refractivity contribution in [3.8, 4) is 17.6 Å². The molecular formula is C15H14FN3O3. The zero-order chi connectivity index (χ0) is 16.1. The van der Waals surface area contributed by atoms with Crippen LogP contribution in [-0.2, 0) is 9.53 Å². The van der Waals surface area contributed by atoms with E-state index in [1.54, 1.807) is 20.0 Å². The highest BCUT2D eigenvalue weighted by molar-refractivity contribution is 5.71. The van der Waals surface area contributed by atoms with Gasteiger partial charge in [-0.3, -0.25) is 0 Å². The Morgan fingerprint density at radius 1 is 1.45 bits per heavy atom. The Bertz CT molecular complexity index is 734. The summed E-state index contributed by atoms with van der Waals surface area (Å²) in [5, 5.41) is 13.0. The first-order chi connectivity index (χ1) is 10.5. The Kier molecular flexibility index (Phi) is 4.73. The summed E-state index contributed by atoms with van der Waals surface area (Å²) in [6.45, 7) is 3.47. The van der Waals surface area contributed by atoms with Crippen LogP contribution in [0.5, 0.6) is 5.88 Å². The molecule has 0 bridgehead atoms. The van der Waals surface area contributed by atoms with Crippen molar-refractivity contribution in [3.05, 3.63) is 41.3 Å². The van der Waals surface area contributed by atoms with Crippen molar-refractivity contribution in [1.82, 2.24) is 9.78 Å². The van der Waals surface area contributed by atoms with Crippen LogP contribution in [0.3, 0.4) is 0 Å². The van der Waals surface area contributed by atoms with E-state index in [9.17, 15) is 9.18 Å². The van der Waals surface area contributed by atoms with Gasteiger partial charge in [0.1, 0.15) is 5.82 Å². The van der Waals surface area contributed by atoms with Gasteiger partial charge in [-0.05, 0) is 32.0 Å². The molecule has 0 fully saturated rings. The Morgan fingerprint density at radius 2 is 2.23 bits per heavy atom. The number of carbonyl (C=O) groups is 1. The molecule has 0 amide bonds. The minimum absolute atomic E-state index is 0.192. The molecule has 1 aromatic carbocycles. The van der Waals surface area contributed by atoms with E-state index in [1.165, 1.54) is 16.8 Å². The van der Waals surface area contributed by atoms with Crippen molar-refractivity contribution < 1.29 is 18.7 Å². The summed E-state index contributed by atoms with van der Waals surface area (Å²) in [6.07, 6.45) is 1.62. The molecule has 0 spiro atoms. The van der Waals surface area contributed by atoms with Crippen LogP contribution in [0.1, 0.15) is 18.1 Å². The van der Waals surface area contributed by atoms with Gasteiger partial charge in [0, 0.05) is 11.8 Å². The molecule has 2 rings (SSSR count). The number of rotatable bonds is 5. The van der Waals surface area contributed by atoms with E-state index in [0.29, 0.717) is 11.3 Å². The molecule has 6 nitrogen and oxygen atoms in total. The Balaban J connectivity index is 2.21. The van der Waals surface area contributed by atoms with E-state index in [-0.39, 0.29) is 24.7 Å². The van der Waals surface area contributed by atoms with Gasteiger partial charge in [-0.2, -0.15) is 5.26 Å². The van der Waals surface area contributed by atoms with Crippen molar-refractivity contribution in [2.45, 2.75) is 13.8 Å². The number of ether oxygens (including phenoxy) is 2. The molecule has 7 heteroatoms. The summed E-state index contributed by atoms with van der Waals surface area (Å²) in [4.78, 5) is 11.3. The molecule has 0 aliphatic carbocycles. The zero-order valence-corrected chi connectivity index (χ0v) is 12.2. The number of halogens is 1. The van der Waals surface area contributed by atoms with Gasteiger partial charge in [0.25, 0.3) is 0 Å². The van der Waals surface area contributed by atoms with Crippen LogP contribution < -0.4 is 4.74 Å². The molecule has 0 unspecified atom stereocenters. The summed E-state index contributed by atoms with van der Waals surface area (Å²) in [7, 11) is 0. The second-order valence-corrected chi connectivity index (χ2v) is 4.47. The SMILES string of the molecule is CCOC(=O)COc1nn(-c2cc(F)cc(C#N)c2)cc1C. The Morgan fingerprint density at radius 3 is 2.91 bits per heavy atom. The third kappa shape index (κ3) is 3.61. The largest absolute Gasteiger partial charge is 0.464 e. The van der Waals surface area contributed by atoms with E-state index < -0.39 is 11.8 Å². The molecule has 0 saturated carbocycles. The average molecular weight is 303 g/mol. The molecule has 1 heterocycles. The van der Waals surface area contributed by atoms with E-state index in [2.05, 4.69) is 5.10 Å². The molecule has 0 N–H and O–H groups in total. The summed E-state index contributed by atoms with van der Waals surface area (Å²) in [6, 6.07) is 5.77. The van der Waals surface area contributed by atoms with Gasteiger partial charge < -0.3 is 9.47 Å². The van der Waals surface area contributed by atoms with Crippen LogP contribution in [0.15, 0.2) is 24.4 Å². The van der Waals surface area contributed by atoms with Crippen molar-refractivity contribution in [2.75, 3.05) is 13.2 Å². The van der Waals surface area contributed by atoms with Gasteiger partial charge in [0.2, 0.25) is 5.88 Å². The molecule has 114 valence electrons. The Hall–Kier alpha value is -2.88. The second-order valence-electron chi connectivity index (χ2n) is 4.47. The van der Waals surface area contributed by atoms with Gasteiger partial charge in [0.15, 0.2) is 6.61 Å². The highest BCUT2D eigenvalue weighted by Gasteiger charge is 2.11. The van der Waals surface area contributed by atoms with Crippen LogP contribution in [-0.4, -0.2) is 29.0 Å². The van der Waals surface area contributed by atoms with E-state index in [1.807, 2.05) is 6.07 Å². The maximum atomic E-state index is 13.5. The summed E-state index contributed by atoms with van der Waals surface area (Å²) in [5.74, 6) is -0.777. The smallest absolute Gasteiger partial charge is 0.344 e. The first-order valence-corrected chi connectivity index (χ1v) is 6.59. The fourth-order valence-corrected chi connectivity index (χ4v) is 1.82. The van der Waals surface area contributed by atoms with Crippen LogP contribution in [0.25, 0.3) is 5.69 Å². The molecule has 0 atom stereocenters. The van der Waals surface area contributed by atoms with E-state index in [0.717, 1.165) is 6.07 Å². The van der Waals surface area contributed by atoms with Gasteiger partial charge in [0.05, 0.1) is 23.9 Å². The van der Waals surface area contributed by atoms with Crippen molar-refractivity contribution in [3.63, 3.8) is 0 Å². The third-order valence-corrected chi connectivity index (χ3v) is 2.76. The highest BCUT2D eigenvalue weighted by Crippen LogP contribution is 2.19.